The average Bonchev–Trinajstić information content (AvgIpc) is 3.60. The number of nitrogens with one attached hydrogen (secondary N) is 1. The normalized spacial score (nSPS) is 16.8. The summed E-state index contributed by atoms with van der Waals surface area (Å²) in [6, 6.07) is 31.3. The van der Waals surface area contributed by atoms with Crippen molar-refractivity contribution < 1.29 is 0 Å². The van der Waals surface area contributed by atoms with Crippen LogP contribution in [0.25, 0.3) is 0 Å². The van der Waals surface area contributed by atoms with Gasteiger partial charge in [0.1, 0.15) is 5.82 Å². The van der Waals surface area contributed by atoms with E-state index in [1.165, 1.54) is 22.3 Å². The third kappa shape index (κ3) is 6.59. The number of aromatic nitrogens is 2. The molecule has 1 N–H and O–H groups in total. The molecule has 38 heavy (non-hydrogen) atoms. The van der Waals surface area contributed by atoms with Crippen LogP contribution >= 0.6 is 0 Å². The number of hydrogen-bond donors (Lipinski definition) is 1. The van der Waals surface area contributed by atoms with Crippen LogP contribution in [0.1, 0.15) is 53.8 Å². The number of aliphatic imine (C=N–C) groups is 1. The van der Waals surface area contributed by atoms with Gasteiger partial charge in [0.25, 0.3) is 0 Å². The molecule has 1 aliphatic heterocycles. The molecule has 0 aliphatic carbocycles. The molecule has 0 fully saturated rings. The van der Waals surface area contributed by atoms with E-state index in [0.29, 0.717) is 18.0 Å². The van der Waals surface area contributed by atoms with Crippen LogP contribution in [0.4, 0.5) is 0 Å². The minimum Gasteiger partial charge on any atom is -0.370 e. The molecule has 2 unspecified atom stereocenters. The van der Waals surface area contributed by atoms with Gasteiger partial charge in [-0.25, -0.2) is 4.98 Å². The van der Waals surface area contributed by atoms with Gasteiger partial charge in [-0.05, 0) is 43.0 Å². The smallest absolute Gasteiger partial charge is 0.123 e. The Kier molecular flexibility index (Phi) is 8.67. The molecule has 0 amide bonds. The molecule has 4 aromatic rings. The van der Waals surface area contributed by atoms with E-state index < -0.39 is 0 Å². The van der Waals surface area contributed by atoms with E-state index >= 15 is 0 Å². The molecule has 5 nitrogen and oxygen atoms in total. The van der Waals surface area contributed by atoms with E-state index in [1.54, 1.807) is 0 Å². The maximum Gasteiger partial charge on any atom is 0.123 e. The molecule has 3 aromatic carbocycles. The van der Waals surface area contributed by atoms with Crippen LogP contribution in [0.3, 0.4) is 0 Å². The number of benzene rings is 3. The van der Waals surface area contributed by atoms with Gasteiger partial charge < -0.3 is 9.88 Å². The Labute approximate surface area is 227 Å². The fourth-order valence-corrected chi connectivity index (χ4v) is 5.46. The van der Waals surface area contributed by atoms with Crippen molar-refractivity contribution in [1.82, 2.24) is 19.8 Å². The van der Waals surface area contributed by atoms with E-state index in [2.05, 4.69) is 125 Å². The Hall–Kier alpha value is -3.70. The van der Waals surface area contributed by atoms with Gasteiger partial charge in [-0.1, -0.05) is 97.4 Å². The van der Waals surface area contributed by atoms with Crippen LogP contribution in [-0.2, 0) is 13.1 Å². The summed E-state index contributed by atoms with van der Waals surface area (Å²) in [5.74, 6) is 1.45. The molecule has 2 heterocycles. The zero-order valence-electron chi connectivity index (χ0n) is 22.6. The van der Waals surface area contributed by atoms with Gasteiger partial charge in [0.2, 0.25) is 0 Å². The first kappa shape index (κ1) is 25.9. The van der Waals surface area contributed by atoms with Crippen molar-refractivity contribution in [2.24, 2.45) is 4.99 Å². The fourth-order valence-electron chi connectivity index (χ4n) is 5.46. The van der Waals surface area contributed by atoms with Crippen LogP contribution in [0.5, 0.6) is 0 Å². The van der Waals surface area contributed by atoms with E-state index in [1.807, 2.05) is 12.5 Å². The Morgan fingerprint density at radius 2 is 1.61 bits per heavy atom. The second kappa shape index (κ2) is 12.7. The van der Waals surface area contributed by atoms with Crippen molar-refractivity contribution in [2.75, 3.05) is 13.1 Å². The summed E-state index contributed by atoms with van der Waals surface area (Å²) >= 11 is 0. The highest BCUT2D eigenvalue weighted by Gasteiger charge is 2.26. The minimum absolute atomic E-state index is 0.323. The van der Waals surface area contributed by atoms with Crippen LogP contribution in [-0.4, -0.2) is 46.0 Å². The lowest BCUT2D eigenvalue weighted by molar-refractivity contribution is 0.221. The van der Waals surface area contributed by atoms with E-state index in [4.69, 9.17) is 4.98 Å². The van der Waals surface area contributed by atoms with Crippen molar-refractivity contribution in [3.63, 3.8) is 0 Å². The highest BCUT2D eigenvalue weighted by Crippen LogP contribution is 2.28. The SMILES string of the molecule is CCC1N=CNC1CN(CCC(c1ccccc1)c1ccccc1)Cc1nccn1Cc1ccc(C)cc1. The summed E-state index contributed by atoms with van der Waals surface area (Å²) in [6.45, 7) is 7.91. The van der Waals surface area contributed by atoms with Crippen LogP contribution in [0.15, 0.2) is 102 Å². The van der Waals surface area contributed by atoms with Gasteiger partial charge in [-0.3, -0.25) is 9.89 Å². The minimum atomic E-state index is 0.323. The quantitative estimate of drug-likeness (QED) is 0.255. The molecule has 1 aliphatic rings. The Balaban J connectivity index is 1.35. The van der Waals surface area contributed by atoms with E-state index in [9.17, 15) is 0 Å². The lowest BCUT2D eigenvalue weighted by Gasteiger charge is -2.29. The maximum absolute atomic E-state index is 4.80. The Morgan fingerprint density at radius 1 is 0.921 bits per heavy atom. The Morgan fingerprint density at radius 3 is 2.26 bits per heavy atom. The van der Waals surface area contributed by atoms with Gasteiger partial charge in [-0.15, -0.1) is 0 Å². The highest BCUT2D eigenvalue weighted by molar-refractivity contribution is 5.58. The third-order valence-corrected chi connectivity index (χ3v) is 7.67. The Bertz CT molecular complexity index is 1240. The summed E-state index contributed by atoms with van der Waals surface area (Å²) in [7, 11) is 0. The molecule has 0 bridgehead atoms. The monoisotopic (exact) mass is 505 g/mol. The van der Waals surface area contributed by atoms with E-state index in [-0.39, 0.29) is 0 Å². The van der Waals surface area contributed by atoms with Crippen molar-refractivity contribution in [2.45, 2.75) is 57.8 Å². The number of hydrogen-bond acceptors (Lipinski definition) is 4. The van der Waals surface area contributed by atoms with Crippen LogP contribution < -0.4 is 5.32 Å². The molecule has 196 valence electrons. The molecule has 2 atom stereocenters. The molecule has 1 aromatic heterocycles. The lowest BCUT2D eigenvalue weighted by atomic mass is 9.88. The topological polar surface area (TPSA) is 45.5 Å². The summed E-state index contributed by atoms with van der Waals surface area (Å²) in [5.41, 5.74) is 5.32. The molecule has 5 heteroatoms. The molecular weight excluding hydrogens is 466 g/mol. The maximum atomic E-state index is 4.80. The summed E-state index contributed by atoms with van der Waals surface area (Å²) in [4.78, 5) is 12.0. The third-order valence-electron chi connectivity index (χ3n) is 7.67. The molecule has 5 rings (SSSR count). The summed E-state index contributed by atoms with van der Waals surface area (Å²) < 4.78 is 2.29. The standard InChI is InChI=1S/C33H39N5/c1-3-31-32(36-25-35-31)23-37(24-33-34-19-21-38(33)22-27-16-14-26(2)15-17-27)20-18-30(28-10-6-4-7-11-28)29-12-8-5-9-13-29/h4-17,19,21,25,30-32H,3,18,20,22-24H2,1-2H3,(H,35,36). The van der Waals surface area contributed by atoms with Gasteiger partial charge in [-0.2, -0.15) is 0 Å². The molecular formula is C33H39N5. The first-order valence-electron chi connectivity index (χ1n) is 13.8. The van der Waals surface area contributed by atoms with Crippen molar-refractivity contribution in [1.29, 1.82) is 0 Å². The van der Waals surface area contributed by atoms with Crippen molar-refractivity contribution in [3.05, 3.63) is 125 Å². The van der Waals surface area contributed by atoms with Crippen LogP contribution in [0.2, 0.25) is 0 Å². The first-order chi connectivity index (χ1) is 18.7. The first-order valence-corrected chi connectivity index (χ1v) is 13.8. The molecule has 0 saturated carbocycles. The van der Waals surface area contributed by atoms with Crippen LogP contribution in [0, 0.1) is 6.92 Å². The average molecular weight is 506 g/mol. The molecule has 0 spiro atoms. The second-order valence-electron chi connectivity index (χ2n) is 10.4. The zero-order valence-corrected chi connectivity index (χ0v) is 22.6. The van der Waals surface area contributed by atoms with Gasteiger partial charge >= 0.3 is 0 Å². The van der Waals surface area contributed by atoms with Gasteiger partial charge in [0.15, 0.2) is 0 Å². The number of imidazole rings is 1. The zero-order chi connectivity index (χ0) is 26.2. The second-order valence-corrected chi connectivity index (χ2v) is 10.4. The fraction of sp³-hybridized carbons (Fsp3) is 0.333. The summed E-state index contributed by atoms with van der Waals surface area (Å²) in [6.07, 6.45) is 8.02. The predicted molar refractivity (Wildman–Crippen MR) is 157 cm³/mol. The number of nitrogens with zero attached hydrogens (tertiary/aromatic N) is 4. The van der Waals surface area contributed by atoms with Gasteiger partial charge in [0, 0.05) is 31.4 Å². The van der Waals surface area contributed by atoms with Crippen molar-refractivity contribution in [3.8, 4) is 0 Å². The van der Waals surface area contributed by atoms with E-state index in [0.717, 1.165) is 44.8 Å². The largest absolute Gasteiger partial charge is 0.370 e. The molecule has 0 radical (unpaired) electrons. The lowest BCUT2D eigenvalue weighted by Crippen LogP contribution is -2.44. The number of aryl methyl sites for hydroxylation is 1. The van der Waals surface area contributed by atoms with Crippen molar-refractivity contribution >= 4 is 6.34 Å². The molecule has 0 saturated heterocycles. The predicted octanol–water partition coefficient (Wildman–Crippen LogP) is 6.04. The number of rotatable bonds is 12. The van der Waals surface area contributed by atoms with Gasteiger partial charge in [0.05, 0.1) is 25.0 Å². The summed E-state index contributed by atoms with van der Waals surface area (Å²) in [5, 5.41) is 3.52. The highest BCUT2D eigenvalue weighted by atomic mass is 15.2.